The van der Waals surface area contributed by atoms with Crippen LogP contribution >= 0.6 is 0 Å². The van der Waals surface area contributed by atoms with Gasteiger partial charge in [-0.25, -0.2) is 4.79 Å². The molecule has 0 aliphatic carbocycles. The predicted octanol–water partition coefficient (Wildman–Crippen LogP) is 1.12. The second kappa shape index (κ2) is 7.91. The molecular formula is C13H19NO4S. The molecule has 19 heavy (non-hydrogen) atoms. The van der Waals surface area contributed by atoms with Gasteiger partial charge in [-0.1, -0.05) is 12.1 Å². The molecule has 0 aliphatic rings. The molecule has 2 unspecified atom stereocenters. The Morgan fingerprint density at radius 3 is 2.79 bits per heavy atom. The second-order valence-electron chi connectivity index (χ2n) is 4.16. The number of rotatable bonds is 8. The van der Waals surface area contributed by atoms with Crippen LogP contribution in [0.25, 0.3) is 0 Å². The third kappa shape index (κ3) is 5.40. The largest absolute Gasteiger partial charge is 0.491 e. The summed E-state index contributed by atoms with van der Waals surface area (Å²) < 4.78 is 16.5. The Kier molecular flexibility index (Phi) is 6.52. The first kappa shape index (κ1) is 15.7. The topological polar surface area (TPSA) is 75.6 Å². The summed E-state index contributed by atoms with van der Waals surface area (Å²) >= 11 is 0. The van der Waals surface area contributed by atoms with Crippen LogP contribution in [0, 0.1) is 0 Å². The number of para-hydroxylation sites is 1. The number of carbonyl (C=O) groups is 1. The Morgan fingerprint density at radius 2 is 2.16 bits per heavy atom. The lowest BCUT2D eigenvalue weighted by Gasteiger charge is -2.11. The summed E-state index contributed by atoms with van der Waals surface area (Å²) in [5, 5.41) is 12.2. The zero-order valence-corrected chi connectivity index (χ0v) is 11.9. The quantitative estimate of drug-likeness (QED) is 0.700. The monoisotopic (exact) mass is 285 g/mol. The summed E-state index contributed by atoms with van der Waals surface area (Å²) in [5.41, 5.74) is 0.158. The van der Waals surface area contributed by atoms with Crippen LogP contribution in [0.5, 0.6) is 5.75 Å². The molecule has 0 aliphatic heterocycles. The van der Waals surface area contributed by atoms with E-state index in [1.165, 1.54) is 6.07 Å². The van der Waals surface area contributed by atoms with E-state index in [0.29, 0.717) is 25.4 Å². The van der Waals surface area contributed by atoms with Crippen molar-refractivity contribution < 1.29 is 18.8 Å². The molecule has 0 amide bonds. The lowest BCUT2D eigenvalue weighted by Crippen LogP contribution is -2.30. The van der Waals surface area contributed by atoms with Crippen LogP contribution in [0.1, 0.15) is 17.3 Å². The highest BCUT2D eigenvalue weighted by Gasteiger charge is 2.09. The van der Waals surface area contributed by atoms with Crippen molar-refractivity contribution in [1.29, 1.82) is 0 Å². The molecule has 1 aromatic carbocycles. The Morgan fingerprint density at radius 1 is 1.47 bits per heavy atom. The predicted molar refractivity (Wildman–Crippen MR) is 75.3 cm³/mol. The average molecular weight is 285 g/mol. The van der Waals surface area contributed by atoms with E-state index < -0.39 is 16.8 Å². The summed E-state index contributed by atoms with van der Waals surface area (Å²) in [6.07, 6.45) is 1.67. The highest BCUT2D eigenvalue weighted by molar-refractivity contribution is 7.84. The van der Waals surface area contributed by atoms with Gasteiger partial charge in [-0.05, 0) is 19.1 Å². The Labute approximate surface area is 115 Å². The highest BCUT2D eigenvalue weighted by atomic mass is 32.2. The number of carboxylic acid groups (broad SMARTS) is 1. The van der Waals surface area contributed by atoms with Crippen LogP contribution in [0.3, 0.4) is 0 Å². The Balaban J connectivity index is 2.34. The fourth-order valence-electron chi connectivity index (χ4n) is 1.43. The van der Waals surface area contributed by atoms with E-state index in [0.717, 1.165) is 0 Å². The molecular weight excluding hydrogens is 266 g/mol. The lowest BCUT2D eigenvalue weighted by atomic mass is 10.2. The first-order chi connectivity index (χ1) is 9.02. The van der Waals surface area contributed by atoms with Crippen molar-refractivity contribution in [1.82, 2.24) is 5.32 Å². The molecule has 0 saturated heterocycles. The molecule has 2 atom stereocenters. The Hall–Kier alpha value is -1.40. The zero-order chi connectivity index (χ0) is 14.3. The van der Waals surface area contributed by atoms with Crippen molar-refractivity contribution in [3.05, 3.63) is 29.8 Å². The summed E-state index contributed by atoms with van der Waals surface area (Å²) in [4.78, 5) is 10.9. The summed E-state index contributed by atoms with van der Waals surface area (Å²) in [6.45, 7) is 3.50. The number of carboxylic acids is 1. The SMILES string of the molecule is CC(CNCCOc1ccccc1C(=O)O)S(C)=O. The number of aromatic carboxylic acids is 1. The number of hydrogen-bond donors (Lipinski definition) is 2. The molecule has 0 heterocycles. The summed E-state index contributed by atoms with van der Waals surface area (Å²) in [6, 6.07) is 6.53. The van der Waals surface area contributed by atoms with Crippen molar-refractivity contribution in [3.63, 3.8) is 0 Å². The first-order valence-corrected chi connectivity index (χ1v) is 7.62. The van der Waals surface area contributed by atoms with Gasteiger partial charge in [-0.15, -0.1) is 0 Å². The average Bonchev–Trinajstić information content (AvgIpc) is 2.38. The van der Waals surface area contributed by atoms with Gasteiger partial charge >= 0.3 is 5.97 Å². The van der Waals surface area contributed by atoms with E-state index in [9.17, 15) is 9.00 Å². The highest BCUT2D eigenvalue weighted by Crippen LogP contribution is 2.17. The summed E-state index contributed by atoms with van der Waals surface area (Å²) in [5.74, 6) is -0.637. The third-order valence-electron chi connectivity index (χ3n) is 2.65. The van der Waals surface area contributed by atoms with Gasteiger partial charge in [0.2, 0.25) is 0 Å². The molecule has 5 nitrogen and oxygen atoms in total. The van der Waals surface area contributed by atoms with Gasteiger partial charge in [0.25, 0.3) is 0 Å². The summed E-state index contributed by atoms with van der Waals surface area (Å²) in [7, 11) is -0.843. The van der Waals surface area contributed by atoms with E-state index in [1.807, 2.05) is 6.92 Å². The van der Waals surface area contributed by atoms with Gasteiger partial charge in [0.05, 0.1) is 0 Å². The number of hydrogen-bond acceptors (Lipinski definition) is 4. The van der Waals surface area contributed by atoms with Gasteiger partial charge in [0.1, 0.15) is 17.9 Å². The van der Waals surface area contributed by atoms with E-state index in [-0.39, 0.29) is 10.8 Å². The van der Waals surface area contributed by atoms with Crippen LogP contribution in [-0.2, 0) is 10.8 Å². The van der Waals surface area contributed by atoms with E-state index in [2.05, 4.69) is 5.32 Å². The minimum absolute atomic E-state index is 0.0892. The van der Waals surface area contributed by atoms with Gasteiger partial charge in [-0.2, -0.15) is 0 Å². The molecule has 1 rings (SSSR count). The first-order valence-electron chi connectivity index (χ1n) is 6.00. The minimum atomic E-state index is -1.00. The molecule has 0 saturated carbocycles. The number of benzene rings is 1. The smallest absolute Gasteiger partial charge is 0.339 e. The van der Waals surface area contributed by atoms with Crippen LogP contribution in [-0.4, -0.2) is 46.5 Å². The van der Waals surface area contributed by atoms with E-state index >= 15 is 0 Å². The van der Waals surface area contributed by atoms with E-state index in [4.69, 9.17) is 9.84 Å². The molecule has 0 fully saturated rings. The van der Waals surface area contributed by atoms with Crippen molar-refractivity contribution >= 4 is 16.8 Å². The van der Waals surface area contributed by atoms with E-state index in [1.54, 1.807) is 24.5 Å². The van der Waals surface area contributed by atoms with Gasteiger partial charge in [0, 0.05) is 35.4 Å². The van der Waals surface area contributed by atoms with Crippen LogP contribution in [0.15, 0.2) is 24.3 Å². The molecule has 0 spiro atoms. The molecule has 6 heteroatoms. The molecule has 2 N–H and O–H groups in total. The minimum Gasteiger partial charge on any atom is -0.491 e. The number of ether oxygens (including phenoxy) is 1. The van der Waals surface area contributed by atoms with Crippen molar-refractivity contribution in [2.75, 3.05) is 26.0 Å². The maximum absolute atomic E-state index is 11.1. The van der Waals surface area contributed by atoms with Crippen LogP contribution in [0.4, 0.5) is 0 Å². The van der Waals surface area contributed by atoms with Crippen LogP contribution in [0.2, 0.25) is 0 Å². The second-order valence-corrected chi connectivity index (χ2v) is 5.97. The van der Waals surface area contributed by atoms with Crippen molar-refractivity contribution in [3.8, 4) is 5.75 Å². The fraction of sp³-hybridized carbons (Fsp3) is 0.462. The van der Waals surface area contributed by atoms with Gasteiger partial charge in [-0.3, -0.25) is 4.21 Å². The molecule has 0 bridgehead atoms. The van der Waals surface area contributed by atoms with Crippen molar-refractivity contribution in [2.24, 2.45) is 0 Å². The molecule has 0 radical (unpaired) electrons. The maximum Gasteiger partial charge on any atom is 0.339 e. The third-order valence-corrected chi connectivity index (χ3v) is 3.95. The lowest BCUT2D eigenvalue weighted by molar-refractivity contribution is 0.0692. The fourth-order valence-corrected chi connectivity index (χ4v) is 1.78. The maximum atomic E-state index is 11.1. The van der Waals surface area contributed by atoms with Crippen molar-refractivity contribution in [2.45, 2.75) is 12.2 Å². The van der Waals surface area contributed by atoms with Gasteiger partial charge in [0.15, 0.2) is 0 Å². The molecule has 106 valence electrons. The normalized spacial score (nSPS) is 13.8. The zero-order valence-electron chi connectivity index (χ0n) is 11.1. The Bertz CT molecular complexity index is 450. The standard InChI is InChI=1S/C13H19NO4S/c1-10(19(2)17)9-14-7-8-18-12-6-4-3-5-11(12)13(15)16/h3-6,10,14H,7-9H2,1-2H3,(H,15,16). The molecule has 0 aromatic heterocycles. The molecule has 1 aromatic rings. The van der Waals surface area contributed by atoms with Crippen LogP contribution < -0.4 is 10.1 Å². The number of nitrogens with one attached hydrogen (secondary N) is 1. The van der Waals surface area contributed by atoms with Gasteiger partial charge < -0.3 is 15.2 Å².